The van der Waals surface area contributed by atoms with Crippen LogP contribution < -0.4 is 16.4 Å². The SMILES string of the molecule is Nc1ncnc2c1c(-c1ccc(NCc3ccc(C(F)(F)F)cc3)cc1)nn2C1CCNCC1. The van der Waals surface area contributed by atoms with E-state index in [0.29, 0.717) is 12.4 Å². The summed E-state index contributed by atoms with van der Waals surface area (Å²) >= 11 is 0. The number of alkyl halides is 3. The fraction of sp³-hybridized carbons (Fsp3) is 0.292. The molecule has 1 aliphatic heterocycles. The van der Waals surface area contributed by atoms with Gasteiger partial charge in [-0.15, -0.1) is 0 Å². The molecule has 0 bridgehead atoms. The number of halogens is 3. The summed E-state index contributed by atoms with van der Waals surface area (Å²) in [6.07, 6.45) is -0.934. The Kier molecular flexibility index (Phi) is 5.82. The summed E-state index contributed by atoms with van der Waals surface area (Å²) in [4.78, 5) is 8.64. The first kappa shape index (κ1) is 22.1. The molecular formula is C24H24F3N7. The van der Waals surface area contributed by atoms with Crippen LogP contribution in [0.5, 0.6) is 0 Å². The molecule has 0 atom stereocenters. The topological polar surface area (TPSA) is 93.7 Å². The van der Waals surface area contributed by atoms with Crippen molar-refractivity contribution in [1.82, 2.24) is 25.1 Å². The van der Waals surface area contributed by atoms with Crippen LogP contribution in [-0.2, 0) is 12.7 Å². The van der Waals surface area contributed by atoms with E-state index in [-0.39, 0.29) is 6.04 Å². The molecular weight excluding hydrogens is 443 g/mol. The Balaban J connectivity index is 1.36. The van der Waals surface area contributed by atoms with E-state index >= 15 is 0 Å². The van der Waals surface area contributed by atoms with Gasteiger partial charge in [0.1, 0.15) is 17.8 Å². The smallest absolute Gasteiger partial charge is 0.383 e. The number of anilines is 2. The average molecular weight is 467 g/mol. The standard InChI is InChI=1S/C24H24F3N7/c25-24(26,27)17-5-1-15(2-6-17)13-30-18-7-3-16(4-8-18)21-20-22(28)31-14-32-23(20)34(33-21)19-9-11-29-12-10-19/h1-8,14,19,29-30H,9-13H2,(H2,28,31,32). The number of hydrogen-bond donors (Lipinski definition) is 3. The number of nitrogens with two attached hydrogens (primary N) is 1. The Labute approximate surface area is 194 Å². The number of piperidine rings is 1. The first-order valence-corrected chi connectivity index (χ1v) is 11.1. The van der Waals surface area contributed by atoms with Crippen molar-refractivity contribution in [2.45, 2.75) is 31.6 Å². The van der Waals surface area contributed by atoms with Gasteiger partial charge in [0, 0.05) is 17.8 Å². The zero-order valence-corrected chi connectivity index (χ0v) is 18.3. The van der Waals surface area contributed by atoms with Gasteiger partial charge in [0.05, 0.1) is 17.0 Å². The van der Waals surface area contributed by atoms with Gasteiger partial charge in [-0.25, -0.2) is 14.6 Å². The van der Waals surface area contributed by atoms with Crippen LogP contribution >= 0.6 is 0 Å². The molecule has 10 heteroatoms. The molecule has 2 aromatic heterocycles. The summed E-state index contributed by atoms with van der Waals surface area (Å²) < 4.78 is 40.2. The minimum atomic E-state index is -4.33. The molecule has 0 amide bonds. The van der Waals surface area contributed by atoms with Gasteiger partial charge in [-0.3, -0.25) is 0 Å². The molecule has 176 valence electrons. The van der Waals surface area contributed by atoms with Gasteiger partial charge in [0.15, 0.2) is 5.65 Å². The van der Waals surface area contributed by atoms with Crippen molar-refractivity contribution < 1.29 is 13.2 Å². The Hall–Kier alpha value is -3.66. The highest BCUT2D eigenvalue weighted by atomic mass is 19.4. The Morgan fingerprint density at radius 2 is 1.71 bits per heavy atom. The minimum Gasteiger partial charge on any atom is -0.383 e. The van der Waals surface area contributed by atoms with Gasteiger partial charge in [0.25, 0.3) is 0 Å². The van der Waals surface area contributed by atoms with Crippen LogP contribution in [0.1, 0.15) is 30.0 Å². The van der Waals surface area contributed by atoms with Gasteiger partial charge < -0.3 is 16.4 Å². The molecule has 1 saturated heterocycles. The maximum Gasteiger partial charge on any atom is 0.416 e. The molecule has 0 unspecified atom stereocenters. The molecule has 5 rings (SSSR count). The molecule has 0 saturated carbocycles. The molecule has 0 spiro atoms. The lowest BCUT2D eigenvalue weighted by Gasteiger charge is -2.23. The van der Waals surface area contributed by atoms with Crippen LogP contribution in [-0.4, -0.2) is 32.8 Å². The third kappa shape index (κ3) is 4.41. The highest BCUT2D eigenvalue weighted by molar-refractivity contribution is 5.98. The summed E-state index contributed by atoms with van der Waals surface area (Å²) in [6.45, 7) is 2.27. The van der Waals surface area contributed by atoms with E-state index in [2.05, 4.69) is 20.6 Å². The zero-order chi connectivity index (χ0) is 23.7. The van der Waals surface area contributed by atoms with Crippen molar-refractivity contribution in [1.29, 1.82) is 0 Å². The molecule has 4 aromatic rings. The first-order valence-electron chi connectivity index (χ1n) is 11.1. The van der Waals surface area contributed by atoms with Crippen molar-refractivity contribution in [2.75, 3.05) is 24.1 Å². The quantitative estimate of drug-likeness (QED) is 0.396. The first-order chi connectivity index (χ1) is 16.4. The lowest BCUT2D eigenvalue weighted by molar-refractivity contribution is -0.137. The van der Waals surface area contributed by atoms with Crippen LogP contribution in [0.15, 0.2) is 54.9 Å². The average Bonchev–Trinajstić information content (AvgIpc) is 3.24. The molecule has 0 aliphatic carbocycles. The van der Waals surface area contributed by atoms with Crippen LogP contribution in [0, 0.1) is 0 Å². The van der Waals surface area contributed by atoms with E-state index in [9.17, 15) is 13.2 Å². The zero-order valence-electron chi connectivity index (χ0n) is 18.3. The summed E-state index contributed by atoms with van der Waals surface area (Å²) in [6, 6.07) is 13.1. The van der Waals surface area contributed by atoms with Crippen LogP contribution in [0.25, 0.3) is 22.3 Å². The molecule has 7 nitrogen and oxygen atoms in total. The number of aromatic nitrogens is 4. The molecule has 2 aromatic carbocycles. The van der Waals surface area contributed by atoms with Gasteiger partial charge in [-0.1, -0.05) is 24.3 Å². The highest BCUT2D eigenvalue weighted by Gasteiger charge is 2.30. The molecule has 3 heterocycles. The number of nitrogens with one attached hydrogen (secondary N) is 2. The van der Waals surface area contributed by atoms with E-state index in [0.717, 1.165) is 71.6 Å². The van der Waals surface area contributed by atoms with Gasteiger partial charge in [-0.2, -0.15) is 18.3 Å². The normalized spacial score (nSPS) is 15.0. The summed E-state index contributed by atoms with van der Waals surface area (Å²) in [5.74, 6) is 0.393. The molecule has 4 N–H and O–H groups in total. The number of benzene rings is 2. The van der Waals surface area contributed by atoms with Crippen molar-refractivity contribution in [3.63, 3.8) is 0 Å². The maximum atomic E-state index is 12.7. The van der Waals surface area contributed by atoms with E-state index in [4.69, 9.17) is 10.8 Å². The van der Waals surface area contributed by atoms with Crippen LogP contribution in [0.3, 0.4) is 0 Å². The molecule has 1 aliphatic rings. The number of fused-ring (bicyclic) bond motifs is 1. The van der Waals surface area contributed by atoms with E-state index in [1.165, 1.54) is 18.5 Å². The van der Waals surface area contributed by atoms with Crippen LogP contribution in [0.2, 0.25) is 0 Å². The summed E-state index contributed by atoms with van der Waals surface area (Å²) in [5, 5.41) is 12.2. The number of hydrogen-bond acceptors (Lipinski definition) is 6. The lowest BCUT2D eigenvalue weighted by atomic mass is 10.1. The second kappa shape index (κ2) is 8.94. The van der Waals surface area contributed by atoms with Crippen molar-refractivity contribution in [3.8, 4) is 11.3 Å². The second-order valence-corrected chi connectivity index (χ2v) is 8.36. The molecule has 34 heavy (non-hydrogen) atoms. The maximum absolute atomic E-state index is 12.7. The molecule has 1 fully saturated rings. The van der Waals surface area contributed by atoms with Gasteiger partial charge >= 0.3 is 6.18 Å². The Bertz CT molecular complexity index is 1280. The van der Waals surface area contributed by atoms with Crippen molar-refractivity contribution in [3.05, 3.63) is 66.0 Å². The van der Waals surface area contributed by atoms with Crippen molar-refractivity contribution in [2.24, 2.45) is 0 Å². The third-order valence-corrected chi connectivity index (χ3v) is 6.11. The van der Waals surface area contributed by atoms with Crippen molar-refractivity contribution >= 4 is 22.5 Å². The molecule has 0 radical (unpaired) electrons. The Morgan fingerprint density at radius 3 is 2.38 bits per heavy atom. The number of nitrogens with zero attached hydrogens (tertiary/aromatic N) is 4. The van der Waals surface area contributed by atoms with E-state index in [1.54, 1.807) is 0 Å². The van der Waals surface area contributed by atoms with Crippen LogP contribution in [0.4, 0.5) is 24.7 Å². The highest BCUT2D eigenvalue weighted by Crippen LogP contribution is 2.34. The lowest BCUT2D eigenvalue weighted by Crippen LogP contribution is -2.30. The predicted molar refractivity (Wildman–Crippen MR) is 125 cm³/mol. The fourth-order valence-corrected chi connectivity index (χ4v) is 4.26. The predicted octanol–water partition coefficient (Wildman–Crippen LogP) is 4.63. The monoisotopic (exact) mass is 467 g/mol. The van der Waals surface area contributed by atoms with E-state index < -0.39 is 11.7 Å². The van der Waals surface area contributed by atoms with Gasteiger partial charge in [0.2, 0.25) is 0 Å². The fourth-order valence-electron chi connectivity index (χ4n) is 4.26. The van der Waals surface area contributed by atoms with E-state index in [1.807, 2.05) is 28.9 Å². The minimum absolute atomic E-state index is 0.247. The number of rotatable bonds is 5. The largest absolute Gasteiger partial charge is 0.416 e. The summed E-state index contributed by atoms with van der Waals surface area (Å²) in [5.41, 5.74) is 9.53. The third-order valence-electron chi connectivity index (χ3n) is 6.11. The Morgan fingerprint density at radius 1 is 1.00 bits per heavy atom. The summed E-state index contributed by atoms with van der Waals surface area (Å²) in [7, 11) is 0. The second-order valence-electron chi connectivity index (χ2n) is 8.36. The van der Waals surface area contributed by atoms with Gasteiger partial charge in [-0.05, 0) is 55.8 Å². The number of nitrogen functional groups attached to an aromatic ring is 1.